The Labute approximate surface area is 121 Å². The van der Waals surface area contributed by atoms with Crippen molar-refractivity contribution in [3.05, 3.63) is 29.3 Å². The first-order valence-electron chi connectivity index (χ1n) is 6.66. The van der Waals surface area contributed by atoms with Crippen molar-refractivity contribution >= 4 is 23.4 Å². The Morgan fingerprint density at radius 2 is 2.10 bits per heavy atom. The van der Waals surface area contributed by atoms with E-state index in [1.165, 1.54) is 0 Å². The summed E-state index contributed by atoms with van der Waals surface area (Å²) in [6.45, 7) is 5.44. The van der Waals surface area contributed by atoms with E-state index in [0.29, 0.717) is 24.9 Å². The molecular formula is C14H18F2N2OS. The highest BCUT2D eigenvalue weighted by atomic mass is 32.2. The minimum absolute atomic E-state index is 0.0701. The molecule has 1 aromatic rings. The zero-order valence-electron chi connectivity index (χ0n) is 11.6. The Morgan fingerprint density at radius 1 is 1.45 bits per heavy atom. The number of carbonyl (C=O) groups is 1. The topological polar surface area (TPSA) is 32.3 Å². The van der Waals surface area contributed by atoms with Crippen LogP contribution in [-0.4, -0.2) is 41.4 Å². The second-order valence-electron chi connectivity index (χ2n) is 4.78. The van der Waals surface area contributed by atoms with Crippen LogP contribution in [0.15, 0.2) is 12.1 Å². The van der Waals surface area contributed by atoms with Gasteiger partial charge in [0.1, 0.15) is 17.3 Å². The number of thioether (sulfide) groups is 1. The van der Waals surface area contributed by atoms with E-state index in [1.54, 1.807) is 23.6 Å². The molecule has 0 aliphatic carbocycles. The number of halogens is 2. The summed E-state index contributed by atoms with van der Waals surface area (Å²) in [6.07, 6.45) is 0. The van der Waals surface area contributed by atoms with Crippen LogP contribution < -0.4 is 5.32 Å². The van der Waals surface area contributed by atoms with E-state index in [0.717, 1.165) is 17.9 Å². The number of nitrogens with zero attached hydrogens (tertiary/aromatic N) is 1. The zero-order valence-corrected chi connectivity index (χ0v) is 12.4. The summed E-state index contributed by atoms with van der Waals surface area (Å²) in [5.74, 6) is -0.907. The molecule has 1 aromatic carbocycles. The van der Waals surface area contributed by atoms with Crippen LogP contribution in [0.4, 0.5) is 14.5 Å². The Morgan fingerprint density at radius 3 is 2.65 bits per heavy atom. The van der Waals surface area contributed by atoms with Crippen molar-refractivity contribution in [3.63, 3.8) is 0 Å². The molecule has 1 unspecified atom stereocenters. The third kappa shape index (κ3) is 3.23. The Hall–Kier alpha value is -1.30. The van der Waals surface area contributed by atoms with E-state index < -0.39 is 11.6 Å². The van der Waals surface area contributed by atoms with Gasteiger partial charge in [0, 0.05) is 36.2 Å². The van der Waals surface area contributed by atoms with Gasteiger partial charge < -0.3 is 10.2 Å². The van der Waals surface area contributed by atoms with Crippen molar-refractivity contribution in [3.8, 4) is 0 Å². The van der Waals surface area contributed by atoms with Crippen molar-refractivity contribution in [2.75, 3.05) is 30.7 Å². The van der Waals surface area contributed by atoms with Crippen LogP contribution in [0.5, 0.6) is 0 Å². The van der Waals surface area contributed by atoms with E-state index in [9.17, 15) is 13.6 Å². The number of nitrogens with one attached hydrogen (secondary N) is 1. The number of rotatable bonds is 3. The van der Waals surface area contributed by atoms with Crippen molar-refractivity contribution in [1.82, 2.24) is 4.90 Å². The molecule has 0 spiro atoms. The van der Waals surface area contributed by atoms with Gasteiger partial charge in [0.15, 0.2) is 0 Å². The highest BCUT2D eigenvalue weighted by Gasteiger charge is 2.24. The van der Waals surface area contributed by atoms with E-state index in [1.807, 2.05) is 6.92 Å². The molecule has 1 N–H and O–H groups in total. The SMILES string of the molecule is CCNc1c(F)cc(C(=O)N2CCSC(C)C2)cc1F. The first-order valence-corrected chi connectivity index (χ1v) is 7.71. The Kier molecular flexibility index (Phi) is 4.86. The number of carbonyl (C=O) groups excluding carboxylic acids is 1. The normalized spacial score (nSPS) is 19.0. The molecule has 1 fully saturated rings. The Balaban J connectivity index is 2.22. The lowest BCUT2D eigenvalue weighted by Crippen LogP contribution is -2.41. The maximum Gasteiger partial charge on any atom is 0.254 e. The molecule has 0 saturated carbocycles. The number of benzene rings is 1. The minimum atomic E-state index is -0.727. The van der Waals surface area contributed by atoms with Crippen LogP contribution in [0.25, 0.3) is 0 Å². The van der Waals surface area contributed by atoms with Crippen LogP contribution in [0, 0.1) is 11.6 Å². The first kappa shape index (κ1) is 15.1. The van der Waals surface area contributed by atoms with E-state index in [4.69, 9.17) is 0 Å². The maximum absolute atomic E-state index is 13.8. The summed E-state index contributed by atoms with van der Waals surface area (Å²) in [6, 6.07) is 2.21. The van der Waals surface area contributed by atoms with Gasteiger partial charge in [0.2, 0.25) is 0 Å². The molecule has 0 aromatic heterocycles. The van der Waals surface area contributed by atoms with Crippen LogP contribution in [0.3, 0.4) is 0 Å². The lowest BCUT2D eigenvalue weighted by Gasteiger charge is -2.30. The molecule has 1 heterocycles. The van der Waals surface area contributed by atoms with Crippen LogP contribution >= 0.6 is 11.8 Å². The van der Waals surface area contributed by atoms with E-state index in [-0.39, 0.29) is 17.2 Å². The fraction of sp³-hybridized carbons (Fsp3) is 0.500. The van der Waals surface area contributed by atoms with Crippen molar-refractivity contribution in [2.45, 2.75) is 19.1 Å². The van der Waals surface area contributed by atoms with Gasteiger partial charge in [-0.05, 0) is 19.1 Å². The van der Waals surface area contributed by atoms with Crippen molar-refractivity contribution in [1.29, 1.82) is 0 Å². The molecule has 2 rings (SSSR count). The second kappa shape index (κ2) is 6.43. The molecule has 110 valence electrons. The largest absolute Gasteiger partial charge is 0.381 e. The van der Waals surface area contributed by atoms with Crippen LogP contribution in [-0.2, 0) is 0 Å². The summed E-state index contributed by atoms with van der Waals surface area (Å²) in [5.41, 5.74) is -0.104. The fourth-order valence-electron chi connectivity index (χ4n) is 2.23. The summed E-state index contributed by atoms with van der Waals surface area (Å²) in [5, 5.41) is 2.97. The van der Waals surface area contributed by atoms with Crippen molar-refractivity contribution < 1.29 is 13.6 Å². The summed E-state index contributed by atoms with van der Waals surface area (Å²) in [4.78, 5) is 13.9. The third-order valence-corrected chi connectivity index (χ3v) is 4.31. The average Bonchev–Trinajstić information content (AvgIpc) is 2.42. The zero-order chi connectivity index (χ0) is 14.7. The number of anilines is 1. The van der Waals surface area contributed by atoms with Gasteiger partial charge in [-0.2, -0.15) is 11.8 Å². The summed E-state index contributed by atoms with van der Waals surface area (Å²) in [7, 11) is 0. The minimum Gasteiger partial charge on any atom is -0.381 e. The molecule has 1 aliphatic heterocycles. The number of hydrogen-bond acceptors (Lipinski definition) is 3. The molecule has 1 atom stereocenters. The first-order chi connectivity index (χ1) is 9.52. The highest BCUT2D eigenvalue weighted by Crippen LogP contribution is 2.24. The standard InChI is InChI=1S/C14H18F2N2OS/c1-3-17-13-11(15)6-10(7-12(13)16)14(19)18-4-5-20-9(2)8-18/h6-7,9,17H,3-5,8H2,1-2H3. The van der Waals surface area contributed by atoms with Crippen LogP contribution in [0.2, 0.25) is 0 Å². The molecule has 3 nitrogen and oxygen atoms in total. The molecular weight excluding hydrogens is 282 g/mol. The molecule has 0 radical (unpaired) electrons. The van der Waals surface area contributed by atoms with E-state index in [2.05, 4.69) is 5.32 Å². The monoisotopic (exact) mass is 300 g/mol. The van der Waals surface area contributed by atoms with Gasteiger partial charge in [-0.1, -0.05) is 6.92 Å². The van der Waals surface area contributed by atoms with Crippen molar-refractivity contribution in [2.24, 2.45) is 0 Å². The lowest BCUT2D eigenvalue weighted by atomic mass is 10.1. The van der Waals surface area contributed by atoms with Gasteiger partial charge in [-0.15, -0.1) is 0 Å². The van der Waals surface area contributed by atoms with Gasteiger partial charge in [-0.3, -0.25) is 4.79 Å². The quantitative estimate of drug-likeness (QED) is 0.931. The lowest BCUT2D eigenvalue weighted by molar-refractivity contribution is 0.0762. The Bertz CT molecular complexity index is 487. The van der Waals surface area contributed by atoms with Gasteiger partial charge >= 0.3 is 0 Å². The molecule has 6 heteroatoms. The van der Waals surface area contributed by atoms with E-state index >= 15 is 0 Å². The number of hydrogen-bond donors (Lipinski definition) is 1. The smallest absolute Gasteiger partial charge is 0.254 e. The average molecular weight is 300 g/mol. The van der Waals surface area contributed by atoms with Crippen LogP contribution in [0.1, 0.15) is 24.2 Å². The molecule has 1 saturated heterocycles. The van der Waals surface area contributed by atoms with Gasteiger partial charge in [0.05, 0.1) is 0 Å². The molecule has 20 heavy (non-hydrogen) atoms. The summed E-state index contributed by atoms with van der Waals surface area (Å²) < 4.78 is 27.6. The maximum atomic E-state index is 13.8. The van der Waals surface area contributed by atoms with Gasteiger partial charge in [-0.25, -0.2) is 8.78 Å². The predicted octanol–water partition coefficient (Wildman–Crippen LogP) is 2.97. The highest BCUT2D eigenvalue weighted by molar-refractivity contribution is 7.99. The number of amides is 1. The fourth-order valence-corrected chi connectivity index (χ4v) is 3.24. The third-order valence-electron chi connectivity index (χ3n) is 3.17. The second-order valence-corrected chi connectivity index (χ2v) is 6.32. The van der Waals surface area contributed by atoms with Gasteiger partial charge in [0.25, 0.3) is 5.91 Å². The summed E-state index contributed by atoms with van der Waals surface area (Å²) >= 11 is 1.80. The molecule has 1 amide bonds. The molecule has 0 bridgehead atoms. The predicted molar refractivity (Wildman–Crippen MR) is 78.3 cm³/mol. The molecule has 1 aliphatic rings.